The van der Waals surface area contributed by atoms with E-state index >= 15 is 0 Å². The lowest BCUT2D eigenvalue weighted by molar-refractivity contribution is 0.218. The number of rotatable bonds is 5. The lowest BCUT2D eigenvalue weighted by Gasteiger charge is -2.22. The zero-order chi connectivity index (χ0) is 13.5. The summed E-state index contributed by atoms with van der Waals surface area (Å²) in [6.45, 7) is 2.63. The van der Waals surface area contributed by atoms with Crippen molar-refractivity contribution in [1.82, 2.24) is 4.90 Å². The van der Waals surface area contributed by atoms with Crippen LogP contribution in [0, 0.1) is 5.82 Å². The van der Waals surface area contributed by atoms with Crippen LogP contribution in [0.2, 0.25) is 0 Å². The third kappa shape index (κ3) is 4.29. The van der Waals surface area contributed by atoms with Crippen molar-refractivity contribution in [2.24, 2.45) is 5.73 Å². The van der Waals surface area contributed by atoms with Gasteiger partial charge in [-0.3, -0.25) is 0 Å². The van der Waals surface area contributed by atoms with E-state index in [1.165, 1.54) is 17.0 Å². The Balaban J connectivity index is 2.72. The number of nitrogens with zero attached hydrogens (tertiary/aromatic N) is 1. The Morgan fingerprint density at radius 1 is 1.50 bits per heavy atom. The molecular formula is C12H16FN3OS. The molecule has 0 atom stereocenters. The lowest BCUT2D eigenvalue weighted by atomic mass is 10.3. The molecule has 18 heavy (non-hydrogen) atoms. The average Bonchev–Trinajstić information content (AvgIpc) is 2.31. The first kappa shape index (κ1) is 14.4. The molecule has 98 valence electrons. The second kappa shape index (κ2) is 6.90. The molecule has 6 heteroatoms. The molecule has 0 radical (unpaired) electrons. The van der Waals surface area contributed by atoms with E-state index in [1.807, 2.05) is 6.92 Å². The van der Waals surface area contributed by atoms with E-state index in [0.717, 1.165) is 6.42 Å². The second-order valence-electron chi connectivity index (χ2n) is 3.80. The molecule has 0 aliphatic carbocycles. The normalized spacial score (nSPS) is 9.89. The Morgan fingerprint density at radius 3 is 2.72 bits per heavy atom. The summed E-state index contributed by atoms with van der Waals surface area (Å²) in [6, 6.07) is 5.58. The highest BCUT2D eigenvalue weighted by Crippen LogP contribution is 2.13. The molecule has 1 aromatic carbocycles. The van der Waals surface area contributed by atoms with Crippen molar-refractivity contribution in [2.75, 3.05) is 18.4 Å². The number of nitrogens with two attached hydrogens (primary N) is 1. The maximum Gasteiger partial charge on any atom is 0.322 e. The number of hydrogen-bond donors (Lipinski definition) is 2. The number of nitrogens with one attached hydrogen (secondary N) is 1. The molecule has 0 fully saturated rings. The van der Waals surface area contributed by atoms with Gasteiger partial charge in [-0.1, -0.05) is 31.3 Å². The van der Waals surface area contributed by atoms with Gasteiger partial charge in [0, 0.05) is 6.54 Å². The summed E-state index contributed by atoms with van der Waals surface area (Å²) in [7, 11) is 0. The molecule has 0 saturated carbocycles. The van der Waals surface area contributed by atoms with Crippen LogP contribution in [0.3, 0.4) is 0 Å². The molecular weight excluding hydrogens is 253 g/mol. The molecule has 1 rings (SSSR count). The van der Waals surface area contributed by atoms with Gasteiger partial charge >= 0.3 is 6.03 Å². The van der Waals surface area contributed by atoms with E-state index in [0.29, 0.717) is 6.54 Å². The van der Waals surface area contributed by atoms with Crippen LogP contribution in [0.5, 0.6) is 0 Å². The molecule has 0 spiro atoms. The molecule has 0 bridgehead atoms. The smallest absolute Gasteiger partial charge is 0.322 e. The van der Waals surface area contributed by atoms with Gasteiger partial charge in [0.05, 0.1) is 17.2 Å². The summed E-state index contributed by atoms with van der Waals surface area (Å²) in [5, 5.41) is 2.50. The first-order chi connectivity index (χ1) is 8.54. The maximum absolute atomic E-state index is 13.4. The van der Waals surface area contributed by atoms with Gasteiger partial charge in [0.2, 0.25) is 0 Å². The summed E-state index contributed by atoms with van der Waals surface area (Å²) < 4.78 is 13.4. The molecule has 1 aromatic rings. The van der Waals surface area contributed by atoms with Crippen LogP contribution in [0.4, 0.5) is 14.9 Å². The first-order valence-electron chi connectivity index (χ1n) is 5.63. The van der Waals surface area contributed by atoms with Gasteiger partial charge in [-0.05, 0) is 18.6 Å². The molecule has 0 heterocycles. The van der Waals surface area contributed by atoms with Crippen LogP contribution in [-0.4, -0.2) is 29.0 Å². The number of benzene rings is 1. The second-order valence-corrected chi connectivity index (χ2v) is 4.32. The molecule has 0 unspecified atom stereocenters. The summed E-state index contributed by atoms with van der Waals surface area (Å²) in [4.78, 5) is 13.6. The quantitative estimate of drug-likeness (QED) is 0.807. The molecule has 0 aliphatic heterocycles. The standard InChI is InChI=1S/C12H16FN3OS/c1-2-7-16(8-11(14)18)12(17)15-10-6-4-3-5-9(10)13/h3-6H,2,7-8H2,1H3,(H2,14,18)(H,15,17). The van der Waals surface area contributed by atoms with Crippen molar-refractivity contribution in [3.05, 3.63) is 30.1 Å². The predicted octanol–water partition coefficient (Wildman–Crippen LogP) is 2.36. The minimum absolute atomic E-state index is 0.145. The first-order valence-corrected chi connectivity index (χ1v) is 6.04. The van der Waals surface area contributed by atoms with Crippen molar-refractivity contribution in [3.63, 3.8) is 0 Å². The molecule has 3 N–H and O–H groups in total. The van der Waals surface area contributed by atoms with Crippen molar-refractivity contribution in [2.45, 2.75) is 13.3 Å². The summed E-state index contributed by atoms with van der Waals surface area (Å²) in [5.74, 6) is -0.474. The largest absolute Gasteiger partial charge is 0.392 e. The van der Waals surface area contributed by atoms with Gasteiger partial charge in [-0.15, -0.1) is 0 Å². The predicted molar refractivity (Wildman–Crippen MR) is 74.1 cm³/mol. The van der Waals surface area contributed by atoms with Gasteiger partial charge in [0.25, 0.3) is 0 Å². The lowest BCUT2D eigenvalue weighted by Crippen LogP contribution is -2.40. The van der Waals surface area contributed by atoms with E-state index < -0.39 is 11.8 Å². The van der Waals surface area contributed by atoms with Gasteiger partial charge in [-0.25, -0.2) is 9.18 Å². The number of anilines is 1. The highest BCUT2D eigenvalue weighted by Gasteiger charge is 2.14. The van der Waals surface area contributed by atoms with Crippen molar-refractivity contribution in [1.29, 1.82) is 0 Å². The number of urea groups is 1. The van der Waals surface area contributed by atoms with E-state index in [9.17, 15) is 9.18 Å². The van der Waals surface area contributed by atoms with E-state index in [2.05, 4.69) is 5.32 Å². The maximum atomic E-state index is 13.4. The average molecular weight is 269 g/mol. The summed E-state index contributed by atoms with van der Waals surface area (Å²) in [6.07, 6.45) is 0.771. The number of hydrogen-bond acceptors (Lipinski definition) is 2. The topological polar surface area (TPSA) is 58.4 Å². The fraction of sp³-hybridized carbons (Fsp3) is 0.333. The van der Waals surface area contributed by atoms with E-state index in [4.69, 9.17) is 18.0 Å². The van der Waals surface area contributed by atoms with E-state index in [1.54, 1.807) is 12.1 Å². The van der Waals surface area contributed by atoms with Crippen LogP contribution < -0.4 is 11.1 Å². The van der Waals surface area contributed by atoms with Crippen LogP contribution in [0.25, 0.3) is 0 Å². The number of halogens is 1. The summed E-state index contributed by atoms with van der Waals surface area (Å²) in [5.41, 5.74) is 5.57. The highest BCUT2D eigenvalue weighted by atomic mass is 32.1. The third-order valence-corrected chi connectivity index (χ3v) is 2.37. The van der Waals surface area contributed by atoms with Crippen LogP contribution >= 0.6 is 12.2 Å². The zero-order valence-corrected chi connectivity index (χ0v) is 11.0. The minimum Gasteiger partial charge on any atom is -0.392 e. The third-order valence-electron chi connectivity index (χ3n) is 2.24. The van der Waals surface area contributed by atoms with Gasteiger partial charge in [0.15, 0.2) is 0 Å². The molecule has 4 nitrogen and oxygen atoms in total. The van der Waals surface area contributed by atoms with Gasteiger partial charge in [-0.2, -0.15) is 0 Å². The number of thiocarbonyl (C=S) groups is 1. The number of para-hydroxylation sites is 1. The Kier molecular flexibility index (Phi) is 5.51. The fourth-order valence-electron chi connectivity index (χ4n) is 1.47. The minimum atomic E-state index is -0.474. The van der Waals surface area contributed by atoms with Gasteiger partial charge in [0.1, 0.15) is 5.82 Å². The SMILES string of the molecule is CCCN(CC(N)=S)C(=O)Nc1ccccc1F. The zero-order valence-electron chi connectivity index (χ0n) is 10.1. The molecule has 0 saturated heterocycles. The number of carbonyl (C=O) groups excluding carboxylic acids is 1. The van der Waals surface area contributed by atoms with Crippen molar-refractivity contribution >= 4 is 28.9 Å². The Bertz CT molecular complexity index is 439. The Morgan fingerprint density at radius 2 is 2.17 bits per heavy atom. The monoisotopic (exact) mass is 269 g/mol. The number of carbonyl (C=O) groups is 1. The number of amides is 2. The van der Waals surface area contributed by atoms with Crippen molar-refractivity contribution in [3.8, 4) is 0 Å². The van der Waals surface area contributed by atoms with E-state index in [-0.39, 0.29) is 17.2 Å². The van der Waals surface area contributed by atoms with Gasteiger partial charge < -0.3 is 16.0 Å². The highest BCUT2D eigenvalue weighted by molar-refractivity contribution is 7.80. The molecule has 0 aliphatic rings. The van der Waals surface area contributed by atoms with Crippen LogP contribution in [-0.2, 0) is 0 Å². The van der Waals surface area contributed by atoms with Crippen molar-refractivity contribution < 1.29 is 9.18 Å². The molecule has 0 aromatic heterocycles. The van der Waals surface area contributed by atoms with Crippen LogP contribution in [0.15, 0.2) is 24.3 Å². The summed E-state index contributed by atoms with van der Waals surface area (Å²) >= 11 is 4.78. The van der Waals surface area contributed by atoms with Crippen LogP contribution in [0.1, 0.15) is 13.3 Å². The molecule has 2 amide bonds. The fourth-order valence-corrected chi connectivity index (χ4v) is 1.62. The Labute approximate surface area is 111 Å². The Hall–Kier alpha value is -1.69.